The molecule has 0 radical (unpaired) electrons. The van der Waals surface area contributed by atoms with E-state index >= 15 is 4.39 Å². The number of fused-ring (bicyclic) bond motifs is 2. The van der Waals surface area contributed by atoms with Crippen molar-refractivity contribution < 1.29 is 18.0 Å². The highest BCUT2D eigenvalue weighted by Crippen LogP contribution is 2.55. The number of aromatic nitrogens is 3. The summed E-state index contributed by atoms with van der Waals surface area (Å²) >= 11 is 2.32. The first-order valence-electron chi connectivity index (χ1n) is 13.6. The summed E-state index contributed by atoms with van der Waals surface area (Å²) < 4.78 is 46.4. The highest BCUT2D eigenvalue weighted by atomic mass is 127. The Morgan fingerprint density at radius 1 is 0.923 bits per heavy atom. The van der Waals surface area contributed by atoms with E-state index in [1.165, 1.54) is 43.7 Å². The van der Waals surface area contributed by atoms with Crippen molar-refractivity contribution in [3.05, 3.63) is 51.5 Å². The number of nitrogens with zero attached hydrogens (tertiary/aromatic N) is 5. The molecule has 4 aliphatic rings. The van der Waals surface area contributed by atoms with E-state index < -0.39 is 17.2 Å². The van der Waals surface area contributed by atoms with Crippen molar-refractivity contribution in [2.45, 2.75) is 62.7 Å². The molecule has 0 N–H and O–H groups in total. The molecular weight excluding hydrogens is 618 g/mol. The van der Waals surface area contributed by atoms with Crippen LogP contribution in [0, 0.1) is 14.8 Å². The summed E-state index contributed by atoms with van der Waals surface area (Å²) in [5.74, 6) is -3.67. The van der Waals surface area contributed by atoms with Crippen molar-refractivity contribution in [2.24, 2.45) is 5.41 Å². The highest BCUT2D eigenvalue weighted by Gasteiger charge is 2.55. The fourth-order valence-electron chi connectivity index (χ4n) is 6.87. The van der Waals surface area contributed by atoms with E-state index in [1.54, 1.807) is 16.9 Å². The minimum Gasteiger partial charge on any atom is -0.370 e. The third-order valence-electron chi connectivity index (χ3n) is 9.56. The molecule has 0 atom stereocenters. The number of likely N-dealkylation sites (N-methyl/N-ethyl adjacent to an activating group) is 1. The van der Waals surface area contributed by atoms with Gasteiger partial charge < -0.3 is 9.80 Å². The summed E-state index contributed by atoms with van der Waals surface area (Å²) in [6, 6.07) is 9.35. The zero-order valence-electron chi connectivity index (χ0n) is 21.7. The Kier molecular flexibility index (Phi) is 5.64. The lowest BCUT2D eigenvalue weighted by atomic mass is 9.69. The number of benzene rings is 2. The van der Waals surface area contributed by atoms with Crippen molar-refractivity contribution in [2.75, 3.05) is 29.9 Å². The van der Waals surface area contributed by atoms with Gasteiger partial charge in [-0.15, -0.1) is 5.10 Å². The summed E-state index contributed by atoms with van der Waals surface area (Å²) in [5.41, 5.74) is 3.05. The fraction of sp³-hybridized carbons (Fsp3) is 0.483. The van der Waals surface area contributed by atoms with Gasteiger partial charge in [0.05, 0.1) is 28.7 Å². The van der Waals surface area contributed by atoms with Gasteiger partial charge in [-0.3, -0.25) is 4.79 Å². The molecule has 3 heterocycles. The van der Waals surface area contributed by atoms with Crippen LogP contribution in [0.2, 0.25) is 0 Å². The Morgan fingerprint density at radius 2 is 1.64 bits per heavy atom. The monoisotopic (exact) mass is 647 g/mol. The molecule has 0 bridgehead atoms. The summed E-state index contributed by atoms with van der Waals surface area (Å²) in [6.45, 7) is 2.01. The standard InChI is InChI=1S/C29H29F3IN5O/c1-36-25-20(28(26(36)39)6-8-29(31,32)9-7-28)14-18(15-21(25)30)22-17-38(35-34-22)23-3-2-19(33)16-24(23)37-12-10-27(4-5-27)11-13-37/h2-3,14-17H,4-13H2,1H3. The summed E-state index contributed by atoms with van der Waals surface area (Å²) in [4.78, 5) is 17.0. The predicted molar refractivity (Wildman–Crippen MR) is 151 cm³/mol. The maximum atomic E-state index is 15.5. The average molecular weight is 647 g/mol. The summed E-state index contributed by atoms with van der Waals surface area (Å²) in [7, 11) is 1.52. The molecule has 10 heteroatoms. The highest BCUT2D eigenvalue weighted by molar-refractivity contribution is 14.1. The number of rotatable bonds is 3. The number of hydrogen-bond donors (Lipinski definition) is 0. The maximum absolute atomic E-state index is 15.5. The molecule has 3 fully saturated rings. The van der Waals surface area contributed by atoms with Gasteiger partial charge in [0.2, 0.25) is 11.8 Å². The molecule has 2 aliphatic carbocycles. The topological polar surface area (TPSA) is 54.3 Å². The number of carbonyl (C=O) groups excluding carboxylic acids is 1. The molecule has 1 saturated heterocycles. The second kappa shape index (κ2) is 8.68. The summed E-state index contributed by atoms with van der Waals surface area (Å²) in [6.07, 6.45) is 6.09. The second-order valence-electron chi connectivity index (χ2n) is 11.8. The third kappa shape index (κ3) is 4.07. The van der Waals surface area contributed by atoms with Gasteiger partial charge in [0.15, 0.2) is 0 Å². The van der Waals surface area contributed by atoms with E-state index in [0.717, 1.165) is 28.0 Å². The molecule has 7 rings (SSSR count). The predicted octanol–water partition coefficient (Wildman–Crippen LogP) is 6.48. The molecule has 39 heavy (non-hydrogen) atoms. The minimum atomic E-state index is -2.80. The molecule has 0 unspecified atom stereocenters. The van der Waals surface area contributed by atoms with Gasteiger partial charge in [-0.1, -0.05) is 5.21 Å². The van der Waals surface area contributed by atoms with Crippen molar-refractivity contribution in [1.29, 1.82) is 0 Å². The molecule has 2 spiro atoms. The Hall–Kier alpha value is -2.63. The molecule has 204 valence electrons. The smallest absolute Gasteiger partial charge is 0.248 e. The van der Waals surface area contributed by atoms with E-state index in [2.05, 4.69) is 43.9 Å². The molecule has 2 aromatic carbocycles. The van der Waals surface area contributed by atoms with Crippen LogP contribution in [0.25, 0.3) is 16.9 Å². The van der Waals surface area contributed by atoms with E-state index in [0.29, 0.717) is 22.2 Å². The lowest BCUT2D eigenvalue weighted by Gasteiger charge is -2.36. The van der Waals surface area contributed by atoms with Crippen molar-refractivity contribution in [3.63, 3.8) is 0 Å². The zero-order valence-corrected chi connectivity index (χ0v) is 23.8. The summed E-state index contributed by atoms with van der Waals surface area (Å²) in [5, 5.41) is 8.78. The fourth-order valence-corrected chi connectivity index (χ4v) is 7.35. The molecule has 2 saturated carbocycles. The van der Waals surface area contributed by atoms with Crippen LogP contribution in [0.4, 0.5) is 24.5 Å². The van der Waals surface area contributed by atoms with E-state index in [9.17, 15) is 13.6 Å². The van der Waals surface area contributed by atoms with Crippen LogP contribution in [0.3, 0.4) is 0 Å². The number of halogens is 4. The Balaban J connectivity index is 1.24. The number of piperidine rings is 1. The van der Waals surface area contributed by atoms with Crippen LogP contribution >= 0.6 is 22.6 Å². The van der Waals surface area contributed by atoms with Crippen molar-refractivity contribution in [3.8, 4) is 16.9 Å². The first kappa shape index (κ1) is 25.3. The Morgan fingerprint density at radius 3 is 2.33 bits per heavy atom. The molecular formula is C29H29F3IN5O. The van der Waals surface area contributed by atoms with Crippen LogP contribution in [0.15, 0.2) is 36.5 Å². The number of carbonyl (C=O) groups is 1. The lowest BCUT2D eigenvalue weighted by Crippen LogP contribution is -2.44. The first-order chi connectivity index (χ1) is 18.6. The minimum absolute atomic E-state index is 0.00507. The van der Waals surface area contributed by atoms with Gasteiger partial charge >= 0.3 is 0 Å². The number of anilines is 2. The van der Waals surface area contributed by atoms with Crippen LogP contribution < -0.4 is 9.80 Å². The van der Waals surface area contributed by atoms with Gasteiger partial charge in [0, 0.05) is 42.1 Å². The molecule has 1 amide bonds. The normalized spacial score (nSPS) is 22.5. The molecule has 3 aromatic rings. The SMILES string of the molecule is CN1C(=O)C2(CCC(F)(F)CC2)c2cc(-c3cn(-c4ccc(I)cc4N4CCC5(CC4)CC5)nn3)cc(F)c21. The number of amides is 1. The van der Waals surface area contributed by atoms with Crippen molar-refractivity contribution in [1.82, 2.24) is 15.0 Å². The van der Waals surface area contributed by atoms with E-state index in [1.807, 2.05) is 12.1 Å². The Labute approximate surface area is 238 Å². The second-order valence-corrected chi connectivity index (χ2v) is 13.1. The van der Waals surface area contributed by atoms with E-state index in [-0.39, 0.29) is 37.3 Å². The van der Waals surface area contributed by atoms with Gasteiger partial charge in [-0.05, 0) is 102 Å². The van der Waals surface area contributed by atoms with E-state index in [4.69, 9.17) is 0 Å². The third-order valence-corrected chi connectivity index (χ3v) is 10.2. The van der Waals surface area contributed by atoms with Crippen molar-refractivity contribution >= 4 is 39.9 Å². The van der Waals surface area contributed by atoms with Gasteiger partial charge in [0.1, 0.15) is 11.5 Å². The van der Waals surface area contributed by atoms with Gasteiger partial charge in [-0.2, -0.15) is 0 Å². The first-order valence-corrected chi connectivity index (χ1v) is 14.7. The van der Waals surface area contributed by atoms with Crippen LogP contribution in [-0.4, -0.2) is 47.0 Å². The van der Waals surface area contributed by atoms with Gasteiger partial charge in [-0.25, -0.2) is 17.9 Å². The number of hydrogen-bond acceptors (Lipinski definition) is 4. The molecule has 1 aromatic heterocycles. The zero-order chi connectivity index (χ0) is 27.2. The lowest BCUT2D eigenvalue weighted by molar-refractivity contribution is -0.127. The van der Waals surface area contributed by atoms with Crippen LogP contribution in [-0.2, 0) is 10.2 Å². The maximum Gasteiger partial charge on any atom is 0.248 e. The molecule has 2 aliphatic heterocycles. The largest absolute Gasteiger partial charge is 0.370 e. The van der Waals surface area contributed by atoms with Crippen LogP contribution in [0.5, 0.6) is 0 Å². The van der Waals surface area contributed by atoms with Gasteiger partial charge in [0.25, 0.3) is 0 Å². The Bertz CT molecular complexity index is 1480. The molecule has 6 nitrogen and oxygen atoms in total. The average Bonchev–Trinajstić information content (AvgIpc) is 3.41. The number of alkyl halides is 2. The quantitative estimate of drug-likeness (QED) is 0.306. The van der Waals surface area contributed by atoms with Crippen LogP contribution in [0.1, 0.15) is 56.9 Å².